The molecule has 3 N–H and O–H groups in total. The lowest BCUT2D eigenvalue weighted by molar-refractivity contribution is 0.0974. The minimum Gasteiger partial charge on any atom is -0.376 e. The number of benzene rings is 1. The highest BCUT2D eigenvalue weighted by atomic mass is 16.5. The lowest BCUT2D eigenvalue weighted by atomic mass is 9.73. The number of piperidine rings is 1. The van der Waals surface area contributed by atoms with E-state index in [1.165, 1.54) is 0 Å². The fraction of sp³-hybridized carbons (Fsp3) is 0.500. The van der Waals surface area contributed by atoms with E-state index in [9.17, 15) is 10.5 Å². The van der Waals surface area contributed by atoms with Gasteiger partial charge in [0.15, 0.2) is 17.0 Å². The van der Waals surface area contributed by atoms with Crippen LogP contribution in [0, 0.1) is 28.1 Å². The van der Waals surface area contributed by atoms with Gasteiger partial charge in [0.25, 0.3) is 0 Å². The van der Waals surface area contributed by atoms with Gasteiger partial charge >= 0.3 is 0 Å². The Bertz CT molecular complexity index is 1390. The maximum Gasteiger partial charge on any atom is 0.183 e. The van der Waals surface area contributed by atoms with Crippen molar-refractivity contribution in [2.75, 3.05) is 36.0 Å². The Balaban J connectivity index is 1.28. The maximum absolute atomic E-state index is 9.53. The van der Waals surface area contributed by atoms with E-state index in [2.05, 4.69) is 39.1 Å². The molecule has 2 aromatic heterocycles. The van der Waals surface area contributed by atoms with Crippen LogP contribution in [0.15, 0.2) is 18.3 Å². The third kappa shape index (κ3) is 3.48. The molecule has 3 aliphatic heterocycles. The first kappa shape index (κ1) is 22.7. The van der Waals surface area contributed by atoms with Crippen molar-refractivity contribution >= 4 is 28.5 Å². The van der Waals surface area contributed by atoms with Crippen LogP contribution in [0.2, 0.25) is 0 Å². The molecule has 36 heavy (non-hydrogen) atoms. The van der Waals surface area contributed by atoms with Gasteiger partial charge in [0.1, 0.15) is 5.82 Å². The molecule has 3 aromatic rings. The molecule has 2 atom stereocenters. The summed E-state index contributed by atoms with van der Waals surface area (Å²) in [4.78, 5) is 14.0. The fourth-order valence-corrected chi connectivity index (χ4v) is 6.13. The largest absolute Gasteiger partial charge is 0.376 e. The summed E-state index contributed by atoms with van der Waals surface area (Å²) in [5.74, 6) is 1.56. The van der Waals surface area contributed by atoms with Crippen molar-refractivity contribution in [2.45, 2.75) is 51.2 Å². The van der Waals surface area contributed by atoms with Crippen LogP contribution in [0.5, 0.6) is 0 Å². The molecule has 10 nitrogen and oxygen atoms in total. The van der Waals surface area contributed by atoms with Crippen LogP contribution < -0.4 is 15.5 Å². The molecule has 2 fully saturated rings. The van der Waals surface area contributed by atoms with Crippen molar-refractivity contribution in [2.24, 2.45) is 11.1 Å². The quantitative estimate of drug-likeness (QED) is 0.574. The Morgan fingerprint density at radius 1 is 1.25 bits per heavy atom. The molecular weight excluding hydrogens is 454 g/mol. The van der Waals surface area contributed by atoms with Gasteiger partial charge in [-0.15, -0.1) is 0 Å². The summed E-state index contributed by atoms with van der Waals surface area (Å²) in [5.41, 5.74) is 11.3. The summed E-state index contributed by atoms with van der Waals surface area (Å²) < 4.78 is 5.86. The number of H-pyrrole nitrogens is 1. The second kappa shape index (κ2) is 8.74. The number of nitriles is 2. The number of anilines is 3. The summed E-state index contributed by atoms with van der Waals surface area (Å²) in [6.45, 7) is 5.32. The molecule has 6 rings (SSSR count). The average Bonchev–Trinajstić information content (AvgIpc) is 3.45. The van der Waals surface area contributed by atoms with Crippen LogP contribution in [0.4, 0.5) is 17.3 Å². The molecule has 1 aromatic carbocycles. The van der Waals surface area contributed by atoms with E-state index < -0.39 is 0 Å². The van der Waals surface area contributed by atoms with E-state index in [1.54, 1.807) is 6.07 Å². The third-order valence-electron chi connectivity index (χ3n) is 8.31. The molecule has 1 spiro atoms. The molecule has 2 saturated heterocycles. The van der Waals surface area contributed by atoms with Crippen LogP contribution in [0.1, 0.15) is 42.9 Å². The number of fused-ring (bicyclic) bond motifs is 2. The molecule has 3 aliphatic rings. The number of ether oxygens (including phenoxy) is 1. The lowest BCUT2D eigenvalue weighted by Gasteiger charge is -2.41. The standard InChI is InChI=1S/C26H29N9O/c1-16-23(29)26(15-36-16)7-11-34(12-8-26)21-14-30-22-24(31-21)32-33-25(22)35-10-2-3-19-18(6-9-27)17(13-28)4-5-20(19)35/h4-5,14,16,23H,2-3,6-8,10-12,15,29H2,1H3,(H,31,32,33)/t16-,23+/m0/s1. The van der Waals surface area contributed by atoms with Gasteiger partial charge in [0.2, 0.25) is 0 Å². The molecule has 5 heterocycles. The SMILES string of the molecule is C[C@@H]1OCC2(CCN(c3cnc4c(N5CCCc6c5ccc(C#N)c6CC#N)n[nH]c4n3)CC2)[C@@H]1N. The highest BCUT2D eigenvalue weighted by Crippen LogP contribution is 2.42. The highest BCUT2D eigenvalue weighted by molar-refractivity contribution is 5.88. The Morgan fingerprint density at radius 3 is 2.81 bits per heavy atom. The third-order valence-corrected chi connectivity index (χ3v) is 8.31. The van der Waals surface area contributed by atoms with Crippen molar-refractivity contribution in [3.05, 3.63) is 35.0 Å². The van der Waals surface area contributed by atoms with Crippen molar-refractivity contribution in [3.63, 3.8) is 0 Å². The Hall–Kier alpha value is -3.73. The Labute approximate surface area is 209 Å². The number of hydrogen-bond acceptors (Lipinski definition) is 9. The van der Waals surface area contributed by atoms with Gasteiger partial charge in [-0.05, 0) is 55.9 Å². The van der Waals surface area contributed by atoms with E-state index in [4.69, 9.17) is 20.4 Å². The second-order valence-electron chi connectivity index (χ2n) is 10.2. The van der Waals surface area contributed by atoms with E-state index >= 15 is 0 Å². The molecular formula is C26H29N9O. The summed E-state index contributed by atoms with van der Waals surface area (Å²) >= 11 is 0. The zero-order chi connectivity index (χ0) is 24.9. The van der Waals surface area contributed by atoms with Crippen molar-refractivity contribution in [1.82, 2.24) is 20.2 Å². The Kier molecular flexibility index (Phi) is 5.51. The molecule has 0 amide bonds. The van der Waals surface area contributed by atoms with Crippen LogP contribution in [-0.4, -0.2) is 58.6 Å². The number of nitrogens with zero attached hydrogens (tertiary/aromatic N) is 7. The first-order valence-electron chi connectivity index (χ1n) is 12.6. The molecule has 10 heteroatoms. The number of nitrogens with one attached hydrogen (secondary N) is 1. The van der Waals surface area contributed by atoms with E-state index in [-0.39, 0.29) is 24.0 Å². The summed E-state index contributed by atoms with van der Waals surface area (Å²) in [5, 5.41) is 26.5. The van der Waals surface area contributed by atoms with Gasteiger partial charge in [-0.2, -0.15) is 15.6 Å². The predicted molar refractivity (Wildman–Crippen MR) is 135 cm³/mol. The van der Waals surface area contributed by atoms with Crippen molar-refractivity contribution in [3.8, 4) is 12.1 Å². The van der Waals surface area contributed by atoms with Crippen LogP contribution in [-0.2, 0) is 17.6 Å². The normalized spacial score (nSPS) is 23.0. The number of aromatic amines is 1. The molecule has 0 unspecified atom stereocenters. The Morgan fingerprint density at radius 2 is 2.08 bits per heavy atom. The summed E-state index contributed by atoms with van der Waals surface area (Å²) in [6.07, 6.45) is 5.86. The minimum atomic E-state index is 0.0616. The van der Waals surface area contributed by atoms with Gasteiger partial charge in [-0.3, -0.25) is 5.10 Å². The van der Waals surface area contributed by atoms with Crippen molar-refractivity contribution in [1.29, 1.82) is 10.5 Å². The van der Waals surface area contributed by atoms with E-state index in [0.717, 1.165) is 80.4 Å². The van der Waals surface area contributed by atoms with Gasteiger partial charge in [0, 0.05) is 36.8 Å². The summed E-state index contributed by atoms with van der Waals surface area (Å²) in [7, 11) is 0. The van der Waals surface area contributed by atoms with Crippen molar-refractivity contribution < 1.29 is 4.74 Å². The number of nitrogens with two attached hydrogens (primary N) is 1. The monoisotopic (exact) mass is 483 g/mol. The zero-order valence-electron chi connectivity index (χ0n) is 20.4. The molecule has 0 saturated carbocycles. The molecule has 0 aliphatic carbocycles. The lowest BCUT2D eigenvalue weighted by Crippen LogP contribution is -2.50. The first-order valence-corrected chi connectivity index (χ1v) is 12.6. The number of aromatic nitrogens is 4. The number of hydrogen-bond donors (Lipinski definition) is 2. The first-order chi connectivity index (χ1) is 17.5. The zero-order valence-corrected chi connectivity index (χ0v) is 20.4. The van der Waals surface area contributed by atoms with Crippen LogP contribution in [0.3, 0.4) is 0 Å². The molecule has 0 bridgehead atoms. The highest BCUT2D eigenvalue weighted by Gasteiger charge is 2.47. The number of rotatable bonds is 3. The van der Waals surface area contributed by atoms with Gasteiger partial charge < -0.3 is 20.3 Å². The molecule has 0 radical (unpaired) electrons. The summed E-state index contributed by atoms with van der Waals surface area (Å²) in [6, 6.07) is 8.28. The van der Waals surface area contributed by atoms with E-state index in [0.29, 0.717) is 16.7 Å². The second-order valence-corrected chi connectivity index (χ2v) is 10.2. The van der Waals surface area contributed by atoms with Gasteiger partial charge in [-0.25, -0.2) is 9.97 Å². The average molecular weight is 484 g/mol. The van der Waals surface area contributed by atoms with Gasteiger partial charge in [0.05, 0.1) is 43.0 Å². The fourth-order valence-electron chi connectivity index (χ4n) is 6.13. The predicted octanol–water partition coefficient (Wildman–Crippen LogP) is 2.71. The van der Waals surface area contributed by atoms with Crippen LogP contribution in [0.25, 0.3) is 11.2 Å². The maximum atomic E-state index is 9.53. The van der Waals surface area contributed by atoms with Crippen LogP contribution >= 0.6 is 0 Å². The topological polar surface area (TPSA) is 144 Å². The smallest absolute Gasteiger partial charge is 0.183 e. The van der Waals surface area contributed by atoms with E-state index in [1.807, 2.05) is 12.3 Å². The minimum absolute atomic E-state index is 0.0616. The molecule has 184 valence electrons. The van der Waals surface area contributed by atoms with Gasteiger partial charge in [-0.1, -0.05) is 0 Å².